The summed E-state index contributed by atoms with van der Waals surface area (Å²) in [5.74, 6) is -0.187. The van der Waals surface area contributed by atoms with Gasteiger partial charge in [0.15, 0.2) is 0 Å². The summed E-state index contributed by atoms with van der Waals surface area (Å²) in [5.41, 5.74) is 3.41. The first-order valence-corrected chi connectivity index (χ1v) is 10.5. The molecule has 29 heavy (non-hydrogen) atoms. The molecule has 1 aliphatic rings. The average molecular weight is 394 g/mol. The lowest BCUT2D eigenvalue weighted by molar-refractivity contribution is 0.0936. The van der Waals surface area contributed by atoms with Crippen molar-refractivity contribution in [3.63, 3.8) is 0 Å². The second-order valence-electron chi connectivity index (χ2n) is 7.85. The Morgan fingerprint density at radius 2 is 1.69 bits per heavy atom. The van der Waals surface area contributed by atoms with Gasteiger partial charge in [0.25, 0.3) is 11.8 Å². The Morgan fingerprint density at radius 1 is 0.966 bits per heavy atom. The van der Waals surface area contributed by atoms with Crippen molar-refractivity contribution in [1.29, 1.82) is 0 Å². The largest absolute Gasteiger partial charge is 0.350 e. The van der Waals surface area contributed by atoms with Crippen molar-refractivity contribution in [1.82, 2.24) is 15.5 Å². The van der Waals surface area contributed by atoms with Crippen molar-refractivity contribution in [2.45, 2.75) is 52.2 Å². The van der Waals surface area contributed by atoms with Crippen LogP contribution in [0.25, 0.3) is 0 Å². The third-order valence-electron chi connectivity index (χ3n) is 5.45. The third-order valence-corrected chi connectivity index (χ3v) is 5.45. The number of nitrogens with zero attached hydrogens (tertiary/aromatic N) is 1. The number of carbonyl (C=O) groups excluding carboxylic acids is 2. The Labute approximate surface area is 173 Å². The van der Waals surface area contributed by atoms with Gasteiger partial charge in [-0.3, -0.25) is 14.5 Å². The number of rotatable bonds is 8. The van der Waals surface area contributed by atoms with Gasteiger partial charge in [0, 0.05) is 30.3 Å². The molecule has 0 spiro atoms. The maximum Gasteiger partial charge on any atom is 0.251 e. The van der Waals surface area contributed by atoms with Gasteiger partial charge >= 0.3 is 0 Å². The Bertz CT molecular complexity index is 826. The van der Waals surface area contributed by atoms with Crippen molar-refractivity contribution in [3.05, 3.63) is 70.8 Å². The zero-order chi connectivity index (χ0) is 20.6. The van der Waals surface area contributed by atoms with Crippen molar-refractivity contribution in [2.24, 2.45) is 0 Å². The van der Waals surface area contributed by atoms with E-state index < -0.39 is 0 Å². The number of carbonyl (C=O) groups is 2. The minimum atomic E-state index is -0.104. The van der Waals surface area contributed by atoms with Gasteiger partial charge in [0.2, 0.25) is 0 Å². The first-order valence-electron chi connectivity index (χ1n) is 10.5. The maximum atomic E-state index is 12.5. The van der Waals surface area contributed by atoms with E-state index in [1.54, 1.807) is 6.07 Å². The molecule has 0 radical (unpaired) electrons. The van der Waals surface area contributed by atoms with Gasteiger partial charge in [-0.2, -0.15) is 0 Å². The van der Waals surface area contributed by atoms with Crippen molar-refractivity contribution in [2.75, 3.05) is 13.1 Å². The van der Waals surface area contributed by atoms with Crippen LogP contribution in [-0.4, -0.2) is 35.8 Å². The Kier molecular flexibility index (Phi) is 7.42. The summed E-state index contributed by atoms with van der Waals surface area (Å²) in [4.78, 5) is 27.2. The molecule has 5 nitrogen and oxygen atoms in total. The SMILES string of the molecule is CCC(C)NC(=O)c1cccc(CNC(=O)c2ccc(CN3CCCC3)cc2)c1. The number of hydrogen-bond donors (Lipinski definition) is 2. The molecule has 1 unspecified atom stereocenters. The molecular weight excluding hydrogens is 362 g/mol. The van der Waals surface area contributed by atoms with Crippen LogP contribution in [0.5, 0.6) is 0 Å². The lowest BCUT2D eigenvalue weighted by Gasteiger charge is -2.14. The molecule has 154 valence electrons. The first-order chi connectivity index (χ1) is 14.0. The highest BCUT2D eigenvalue weighted by molar-refractivity contribution is 5.95. The molecule has 0 saturated carbocycles. The Hall–Kier alpha value is -2.66. The van der Waals surface area contributed by atoms with Gasteiger partial charge in [0.05, 0.1) is 0 Å². The maximum absolute atomic E-state index is 12.5. The van der Waals surface area contributed by atoms with E-state index in [-0.39, 0.29) is 17.9 Å². The van der Waals surface area contributed by atoms with E-state index in [2.05, 4.69) is 15.5 Å². The molecule has 5 heteroatoms. The minimum Gasteiger partial charge on any atom is -0.350 e. The molecule has 1 heterocycles. The molecule has 0 aliphatic carbocycles. The summed E-state index contributed by atoms with van der Waals surface area (Å²) in [6.45, 7) is 7.69. The molecule has 2 N–H and O–H groups in total. The number of amides is 2. The molecule has 2 aromatic carbocycles. The average Bonchev–Trinajstić information content (AvgIpc) is 3.25. The number of benzene rings is 2. The summed E-state index contributed by atoms with van der Waals surface area (Å²) < 4.78 is 0. The Morgan fingerprint density at radius 3 is 2.38 bits per heavy atom. The van der Waals surface area contributed by atoms with Crippen LogP contribution in [0.15, 0.2) is 48.5 Å². The van der Waals surface area contributed by atoms with E-state index in [1.807, 2.05) is 56.3 Å². The molecule has 1 atom stereocenters. The molecule has 3 rings (SSSR count). The van der Waals surface area contributed by atoms with Crippen LogP contribution in [0.3, 0.4) is 0 Å². The van der Waals surface area contributed by atoms with Gasteiger partial charge in [-0.15, -0.1) is 0 Å². The smallest absolute Gasteiger partial charge is 0.251 e. The highest BCUT2D eigenvalue weighted by atomic mass is 16.2. The fourth-order valence-electron chi connectivity index (χ4n) is 3.48. The van der Waals surface area contributed by atoms with E-state index in [4.69, 9.17) is 0 Å². The second-order valence-corrected chi connectivity index (χ2v) is 7.85. The standard InChI is InChI=1S/C24H31N3O2/c1-3-18(2)26-24(29)22-8-6-7-20(15-22)16-25-23(28)21-11-9-19(10-12-21)17-27-13-4-5-14-27/h6-12,15,18H,3-5,13-14,16-17H2,1-2H3,(H,25,28)(H,26,29). The lowest BCUT2D eigenvalue weighted by Crippen LogP contribution is -2.32. The van der Waals surface area contributed by atoms with Crippen LogP contribution in [0.2, 0.25) is 0 Å². The van der Waals surface area contributed by atoms with E-state index in [1.165, 1.54) is 18.4 Å². The van der Waals surface area contributed by atoms with Crippen LogP contribution in [-0.2, 0) is 13.1 Å². The van der Waals surface area contributed by atoms with Gasteiger partial charge in [-0.05, 0) is 74.7 Å². The van der Waals surface area contributed by atoms with E-state index in [9.17, 15) is 9.59 Å². The van der Waals surface area contributed by atoms with Crippen LogP contribution >= 0.6 is 0 Å². The van der Waals surface area contributed by atoms with Gasteiger partial charge in [0.1, 0.15) is 0 Å². The third kappa shape index (κ3) is 6.16. The highest BCUT2D eigenvalue weighted by Gasteiger charge is 2.13. The molecule has 0 aromatic heterocycles. The molecule has 0 bridgehead atoms. The van der Waals surface area contributed by atoms with Crippen LogP contribution in [0.4, 0.5) is 0 Å². The van der Waals surface area contributed by atoms with E-state index in [0.29, 0.717) is 17.7 Å². The summed E-state index contributed by atoms with van der Waals surface area (Å²) in [6.07, 6.45) is 3.44. The molecular formula is C24H31N3O2. The topological polar surface area (TPSA) is 61.4 Å². The zero-order valence-electron chi connectivity index (χ0n) is 17.4. The van der Waals surface area contributed by atoms with E-state index >= 15 is 0 Å². The molecule has 2 aromatic rings. The Balaban J connectivity index is 1.53. The van der Waals surface area contributed by atoms with Gasteiger partial charge in [-0.25, -0.2) is 0 Å². The summed E-state index contributed by atoms with van der Waals surface area (Å²) in [6, 6.07) is 15.4. The normalized spacial score (nSPS) is 15.1. The fraction of sp³-hybridized carbons (Fsp3) is 0.417. The van der Waals surface area contributed by atoms with Crippen LogP contribution < -0.4 is 10.6 Å². The minimum absolute atomic E-state index is 0.0823. The number of nitrogens with one attached hydrogen (secondary N) is 2. The quantitative estimate of drug-likeness (QED) is 0.718. The predicted molar refractivity (Wildman–Crippen MR) is 116 cm³/mol. The van der Waals surface area contributed by atoms with E-state index in [0.717, 1.165) is 31.6 Å². The van der Waals surface area contributed by atoms with Crippen LogP contribution in [0, 0.1) is 0 Å². The van der Waals surface area contributed by atoms with Gasteiger partial charge in [-0.1, -0.05) is 31.2 Å². The molecule has 1 saturated heterocycles. The molecule has 1 fully saturated rings. The van der Waals surface area contributed by atoms with Crippen molar-refractivity contribution in [3.8, 4) is 0 Å². The highest BCUT2D eigenvalue weighted by Crippen LogP contribution is 2.13. The van der Waals surface area contributed by atoms with Crippen molar-refractivity contribution >= 4 is 11.8 Å². The summed E-state index contributed by atoms with van der Waals surface area (Å²) in [7, 11) is 0. The first kappa shape index (κ1) is 21.1. The zero-order valence-corrected chi connectivity index (χ0v) is 17.4. The summed E-state index contributed by atoms with van der Waals surface area (Å²) in [5, 5.41) is 5.91. The van der Waals surface area contributed by atoms with Crippen molar-refractivity contribution < 1.29 is 9.59 Å². The summed E-state index contributed by atoms with van der Waals surface area (Å²) >= 11 is 0. The molecule has 1 aliphatic heterocycles. The molecule has 2 amide bonds. The monoisotopic (exact) mass is 393 g/mol. The lowest BCUT2D eigenvalue weighted by atomic mass is 10.1. The number of likely N-dealkylation sites (tertiary alicyclic amines) is 1. The van der Waals surface area contributed by atoms with Crippen LogP contribution in [0.1, 0.15) is 65.0 Å². The number of hydrogen-bond acceptors (Lipinski definition) is 3. The predicted octanol–water partition coefficient (Wildman–Crippen LogP) is 3.74. The van der Waals surface area contributed by atoms with Gasteiger partial charge < -0.3 is 10.6 Å². The fourth-order valence-corrected chi connectivity index (χ4v) is 3.48. The second kappa shape index (κ2) is 10.2.